The molecule has 32 heavy (non-hydrogen) atoms. The largest absolute Gasteiger partial charge is 0.491 e. The highest BCUT2D eigenvalue weighted by molar-refractivity contribution is 7.92. The number of nitrogens with zero attached hydrogens (tertiary/aromatic N) is 1. The summed E-state index contributed by atoms with van der Waals surface area (Å²) < 4.78 is 31.7. The highest BCUT2D eigenvalue weighted by Crippen LogP contribution is 2.21. The number of carbonyl (C=O) groups excluding carboxylic acids is 1. The fourth-order valence-electron chi connectivity index (χ4n) is 3.22. The molecule has 3 rings (SSSR count). The average molecular weight is 453 g/mol. The van der Waals surface area contributed by atoms with E-state index in [-0.39, 0.29) is 12.5 Å². The van der Waals surface area contributed by atoms with E-state index in [1.807, 2.05) is 62.4 Å². The van der Waals surface area contributed by atoms with E-state index in [4.69, 9.17) is 4.74 Å². The van der Waals surface area contributed by atoms with Crippen LogP contribution < -0.4 is 14.4 Å². The van der Waals surface area contributed by atoms with Crippen molar-refractivity contribution in [3.05, 3.63) is 95.1 Å². The quantitative estimate of drug-likeness (QED) is 0.497. The fourth-order valence-corrected chi connectivity index (χ4v) is 4.11. The minimum Gasteiger partial charge on any atom is -0.491 e. The first-order chi connectivity index (χ1) is 15.2. The predicted molar refractivity (Wildman–Crippen MR) is 128 cm³/mol. The van der Waals surface area contributed by atoms with E-state index in [0.717, 1.165) is 22.4 Å². The van der Waals surface area contributed by atoms with Crippen molar-refractivity contribution in [2.45, 2.75) is 20.4 Å². The Hall–Kier alpha value is -3.32. The van der Waals surface area contributed by atoms with Gasteiger partial charge in [-0.25, -0.2) is 8.42 Å². The molecule has 0 spiro atoms. The predicted octanol–water partition coefficient (Wildman–Crippen LogP) is 4.08. The van der Waals surface area contributed by atoms with E-state index in [1.54, 1.807) is 24.3 Å². The molecule has 0 heterocycles. The Balaban J connectivity index is 1.59. The van der Waals surface area contributed by atoms with Gasteiger partial charge in [-0.2, -0.15) is 0 Å². The summed E-state index contributed by atoms with van der Waals surface area (Å²) in [6, 6.07) is 21.9. The number of aryl methyl sites for hydroxylation is 2. The number of sulfonamides is 1. The molecule has 0 radical (unpaired) electrons. The van der Waals surface area contributed by atoms with Crippen LogP contribution in [0.1, 0.15) is 27.0 Å². The van der Waals surface area contributed by atoms with Crippen molar-refractivity contribution < 1.29 is 17.9 Å². The van der Waals surface area contributed by atoms with Crippen LogP contribution in [0.4, 0.5) is 5.69 Å². The minimum absolute atomic E-state index is 0.223. The first-order valence-corrected chi connectivity index (χ1v) is 12.2. The van der Waals surface area contributed by atoms with Crippen LogP contribution in [-0.4, -0.2) is 33.7 Å². The molecule has 1 amide bonds. The lowest BCUT2D eigenvalue weighted by molar-refractivity contribution is 0.0947. The Morgan fingerprint density at radius 3 is 2.31 bits per heavy atom. The van der Waals surface area contributed by atoms with Crippen LogP contribution in [0.15, 0.2) is 72.8 Å². The van der Waals surface area contributed by atoms with Crippen molar-refractivity contribution in [2.75, 3.05) is 23.7 Å². The van der Waals surface area contributed by atoms with Gasteiger partial charge in [-0.05, 0) is 60.9 Å². The Labute approximate surface area is 189 Å². The molecular weight excluding hydrogens is 424 g/mol. The molecule has 0 fully saturated rings. The number of anilines is 1. The second-order valence-corrected chi connectivity index (χ2v) is 9.58. The maximum atomic E-state index is 12.4. The lowest BCUT2D eigenvalue weighted by atomic mass is 10.1. The van der Waals surface area contributed by atoms with E-state index in [2.05, 4.69) is 5.32 Å². The summed E-state index contributed by atoms with van der Waals surface area (Å²) in [6.07, 6.45) is 1.17. The summed E-state index contributed by atoms with van der Waals surface area (Å²) in [7, 11) is -3.48. The number of hydrogen-bond acceptors (Lipinski definition) is 4. The normalized spacial score (nSPS) is 11.1. The molecule has 0 aromatic heterocycles. The third-order valence-corrected chi connectivity index (χ3v) is 6.12. The summed E-state index contributed by atoms with van der Waals surface area (Å²) in [4.78, 5) is 12.4. The second kappa shape index (κ2) is 10.3. The maximum Gasteiger partial charge on any atom is 0.251 e. The molecule has 0 aliphatic rings. The van der Waals surface area contributed by atoms with Gasteiger partial charge < -0.3 is 10.1 Å². The minimum atomic E-state index is -3.48. The monoisotopic (exact) mass is 452 g/mol. The van der Waals surface area contributed by atoms with Crippen molar-refractivity contribution >= 4 is 21.6 Å². The third kappa shape index (κ3) is 6.34. The van der Waals surface area contributed by atoms with Gasteiger partial charge in [-0.3, -0.25) is 9.10 Å². The van der Waals surface area contributed by atoms with Crippen LogP contribution in [0.2, 0.25) is 0 Å². The maximum absolute atomic E-state index is 12.4. The van der Waals surface area contributed by atoms with Gasteiger partial charge in [0.2, 0.25) is 10.0 Å². The number of amides is 1. The van der Waals surface area contributed by atoms with E-state index in [9.17, 15) is 13.2 Å². The number of rotatable bonds is 9. The first kappa shape index (κ1) is 23.3. The Kier molecular flexibility index (Phi) is 7.53. The van der Waals surface area contributed by atoms with Crippen LogP contribution in [0.3, 0.4) is 0 Å². The number of hydrogen-bond donors (Lipinski definition) is 1. The summed E-state index contributed by atoms with van der Waals surface area (Å²) in [5.41, 5.74) is 4.00. The zero-order chi connectivity index (χ0) is 23.1. The van der Waals surface area contributed by atoms with Crippen LogP contribution in [0.5, 0.6) is 5.75 Å². The Morgan fingerprint density at radius 1 is 0.969 bits per heavy atom. The van der Waals surface area contributed by atoms with Gasteiger partial charge in [0.05, 0.1) is 25.0 Å². The third-order valence-electron chi connectivity index (χ3n) is 4.98. The van der Waals surface area contributed by atoms with Crippen molar-refractivity contribution in [2.24, 2.45) is 0 Å². The fraction of sp³-hybridized carbons (Fsp3) is 0.240. The topological polar surface area (TPSA) is 75.7 Å². The van der Waals surface area contributed by atoms with E-state index in [1.165, 1.54) is 10.6 Å². The molecule has 7 heteroatoms. The lowest BCUT2D eigenvalue weighted by Gasteiger charge is -2.22. The zero-order valence-corrected chi connectivity index (χ0v) is 19.4. The first-order valence-electron chi connectivity index (χ1n) is 10.3. The molecule has 0 aliphatic heterocycles. The van der Waals surface area contributed by atoms with Gasteiger partial charge in [0.15, 0.2) is 0 Å². The average Bonchev–Trinajstić information content (AvgIpc) is 2.77. The zero-order valence-electron chi connectivity index (χ0n) is 18.5. The van der Waals surface area contributed by atoms with Crippen LogP contribution in [0.25, 0.3) is 0 Å². The molecule has 0 atom stereocenters. The lowest BCUT2D eigenvalue weighted by Crippen LogP contribution is -2.30. The van der Waals surface area contributed by atoms with Crippen molar-refractivity contribution in [3.8, 4) is 5.75 Å². The SMILES string of the molecule is Cc1ccc(C)c(OCCNC(=O)c2ccc(N(Cc3ccccc3)S(C)(=O)=O)cc2)c1. The van der Waals surface area contributed by atoms with Crippen LogP contribution >= 0.6 is 0 Å². The molecule has 0 saturated carbocycles. The van der Waals surface area contributed by atoms with Gasteiger partial charge in [-0.15, -0.1) is 0 Å². The van der Waals surface area contributed by atoms with Crippen LogP contribution in [-0.2, 0) is 16.6 Å². The molecule has 6 nitrogen and oxygen atoms in total. The van der Waals surface area contributed by atoms with Crippen molar-refractivity contribution in [1.29, 1.82) is 0 Å². The molecule has 168 valence electrons. The van der Waals surface area contributed by atoms with Gasteiger partial charge in [0.25, 0.3) is 5.91 Å². The highest BCUT2D eigenvalue weighted by Gasteiger charge is 2.18. The summed E-state index contributed by atoms with van der Waals surface area (Å²) >= 11 is 0. The number of nitrogens with one attached hydrogen (secondary N) is 1. The standard InChI is InChI=1S/C25H28N2O4S/c1-19-9-10-20(2)24(17-19)31-16-15-26-25(28)22-11-13-23(14-12-22)27(32(3,29)30)18-21-7-5-4-6-8-21/h4-14,17H,15-16,18H2,1-3H3,(H,26,28). The molecule has 3 aromatic rings. The Bertz CT molecular complexity index is 1160. The van der Waals surface area contributed by atoms with Gasteiger partial charge in [-0.1, -0.05) is 42.5 Å². The second-order valence-electron chi connectivity index (χ2n) is 7.68. The molecule has 0 aliphatic carbocycles. The molecule has 0 unspecified atom stereocenters. The van der Waals surface area contributed by atoms with Gasteiger partial charge >= 0.3 is 0 Å². The van der Waals surface area contributed by atoms with Gasteiger partial charge in [0.1, 0.15) is 12.4 Å². The number of carbonyl (C=O) groups is 1. The highest BCUT2D eigenvalue weighted by atomic mass is 32.2. The number of ether oxygens (including phenoxy) is 1. The van der Waals surface area contributed by atoms with Crippen molar-refractivity contribution in [3.63, 3.8) is 0 Å². The smallest absolute Gasteiger partial charge is 0.251 e. The molecule has 0 bridgehead atoms. The van der Waals surface area contributed by atoms with Gasteiger partial charge in [0, 0.05) is 5.56 Å². The van der Waals surface area contributed by atoms with E-state index < -0.39 is 10.0 Å². The molecular formula is C25H28N2O4S. The number of benzene rings is 3. The molecule has 1 N–H and O–H groups in total. The van der Waals surface area contributed by atoms with E-state index in [0.29, 0.717) is 24.4 Å². The molecule has 3 aromatic carbocycles. The Morgan fingerprint density at radius 2 is 1.66 bits per heavy atom. The summed E-state index contributed by atoms with van der Waals surface area (Å²) in [5, 5.41) is 2.83. The summed E-state index contributed by atoms with van der Waals surface area (Å²) in [5.74, 6) is 0.568. The summed E-state index contributed by atoms with van der Waals surface area (Å²) in [6.45, 7) is 4.92. The molecule has 0 saturated heterocycles. The van der Waals surface area contributed by atoms with Crippen molar-refractivity contribution in [1.82, 2.24) is 5.32 Å². The van der Waals surface area contributed by atoms with E-state index >= 15 is 0 Å². The van der Waals surface area contributed by atoms with Crippen LogP contribution in [0, 0.1) is 13.8 Å².